The van der Waals surface area contributed by atoms with Gasteiger partial charge < -0.3 is 10.3 Å². The minimum absolute atomic E-state index is 0.199. The lowest BCUT2D eigenvalue weighted by Gasteiger charge is -2.19. The summed E-state index contributed by atoms with van der Waals surface area (Å²) in [5.74, 6) is -0.0951. The number of aromatic nitrogens is 2. The zero-order valence-electron chi connectivity index (χ0n) is 10.4. The second-order valence-electron chi connectivity index (χ2n) is 5.03. The molecule has 1 aromatic heterocycles. The molecule has 5 nitrogen and oxygen atoms in total. The summed E-state index contributed by atoms with van der Waals surface area (Å²) in [6, 6.07) is 0.331. The van der Waals surface area contributed by atoms with Gasteiger partial charge in [0.15, 0.2) is 0 Å². The Balaban J connectivity index is 1.96. The quantitative estimate of drug-likeness (QED) is 0.768. The first kappa shape index (κ1) is 12.1. The molecule has 1 aliphatic rings. The predicted molar refractivity (Wildman–Crippen MR) is 65.2 cm³/mol. The normalized spacial score (nSPS) is 17.4. The fraction of sp³-hybridized carbons (Fsp3) is 0.667. The second-order valence-corrected chi connectivity index (χ2v) is 5.03. The number of nitrogens with zero attached hydrogens (tertiary/aromatic N) is 2. The molecule has 94 valence electrons. The van der Waals surface area contributed by atoms with Crippen molar-refractivity contribution in [3.05, 3.63) is 18.2 Å². The molecule has 1 amide bonds. The molecule has 1 aliphatic carbocycles. The molecule has 0 bridgehead atoms. The predicted octanol–water partition coefficient (Wildman–Crippen LogP) is 0.817. The Morgan fingerprint density at radius 1 is 1.65 bits per heavy atom. The highest BCUT2D eigenvalue weighted by atomic mass is 16.1. The summed E-state index contributed by atoms with van der Waals surface area (Å²) in [5.41, 5.74) is 6.49. The van der Waals surface area contributed by atoms with Crippen LogP contribution in [0.4, 0.5) is 0 Å². The van der Waals surface area contributed by atoms with Gasteiger partial charge in [-0.25, -0.2) is 4.98 Å². The summed E-state index contributed by atoms with van der Waals surface area (Å²) in [4.78, 5) is 15.4. The van der Waals surface area contributed by atoms with Gasteiger partial charge in [-0.05, 0) is 18.8 Å². The number of amides is 1. The molecular formula is C12H20N4O. The molecule has 1 saturated carbocycles. The molecular weight excluding hydrogens is 216 g/mol. The van der Waals surface area contributed by atoms with E-state index in [1.54, 1.807) is 0 Å². The van der Waals surface area contributed by atoms with E-state index in [0.29, 0.717) is 12.6 Å². The van der Waals surface area contributed by atoms with Crippen LogP contribution in [-0.2, 0) is 11.3 Å². The van der Waals surface area contributed by atoms with Gasteiger partial charge in [0.25, 0.3) is 0 Å². The van der Waals surface area contributed by atoms with E-state index in [9.17, 15) is 4.79 Å². The lowest BCUT2D eigenvalue weighted by molar-refractivity contribution is -0.121. The van der Waals surface area contributed by atoms with Crippen LogP contribution in [0.5, 0.6) is 0 Å². The average Bonchev–Trinajstić information content (AvgIpc) is 2.98. The van der Waals surface area contributed by atoms with Crippen LogP contribution in [0.1, 0.15) is 38.4 Å². The standard InChI is InChI=1S/C12H20N4O/c1-8(2)11(12(13)17)15-6-10-5-14-7-16(10)9-3-4-9/h5,7-9,11,15H,3-4,6H2,1-2H3,(H2,13,17). The number of imidazole rings is 1. The highest BCUT2D eigenvalue weighted by Gasteiger charge is 2.26. The minimum atomic E-state index is -0.294. The molecule has 1 atom stereocenters. The lowest BCUT2D eigenvalue weighted by atomic mass is 10.0. The van der Waals surface area contributed by atoms with Crippen molar-refractivity contribution >= 4 is 5.91 Å². The van der Waals surface area contributed by atoms with Crippen LogP contribution in [0.3, 0.4) is 0 Å². The topological polar surface area (TPSA) is 72.9 Å². The van der Waals surface area contributed by atoms with Crippen molar-refractivity contribution in [2.75, 3.05) is 0 Å². The van der Waals surface area contributed by atoms with Crippen molar-refractivity contribution in [3.8, 4) is 0 Å². The summed E-state index contributed by atoms with van der Waals surface area (Å²) in [7, 11) is 0. The van der Waals surface area contributed by atoms with E-state index in [-0.39, 0.29) is 17.9 Å². The van der Waals surface area contributed by atoms with Crippen LogP contribution < -0.4 is 11.1 Å². The summed E-state index contributed by atoms with van der Waals surface area (Å²) in [6.07, 6.45) is 6.17. The number of nitrogens with two attached hydrogens (primary N) is 1. The number of carbonyl (C=O) groups is 1. The number of rotatable bonds is 6. The van der Waals surface area contributed by atoms with Crippen molar-refractivity contribution in [1.29, 1.82) is 0 Å². The Kier molecular flexibility index (Phi) is 3.47. The molecule has 2 rings (SSSR count). The summed E-state index contributed by atoms with van der Waals surface area (Å²) in [6.45, 7) is 4.61. The third-order valence-electron chi connectivity index (χ3n) is 3.16. The Labute approximate surface area is 101 Å². The molecule has 0 aromatic carbocycles. The van der Waals surface area contributed by atoms with Crippen molar-refractivity contribution in [3.63, 3.8) is 0 Å². The third-order valence-corrected chi connectivity index (χ3v) is 3.16. The smallest absolute Gasteiger partial charge is 0.234 e. The van der Waals surface area contributed by atoms with Crippen LogP contribution in [-0.4, -0.2) is 21.5 Å². The van der Waals surface area contributed by atoms with E-state index >= 15 is 0 Å². The van der Waals surface area contributed by atoms with E-state index in [0.717, 1.165) is 5.69 Å². The number of hydrogen-bond donors (Lipinski definition) is 2. The summed E-state index contributed by atoms with van der Waals surface area (Å²) in [5, 5.41) is 3.21. The van der Waals surface area contributed by atoms with Gasteiger partial charge >= 0.3 is 0 Å². The van der Waals surface area contributed by atoms with Crippen LogP contribution in [0.2, 0.25) is 0 Å². The van der Waals surface area contributed by atoms with Gasteiger partial charge in [0, 0.05) is 18.8 Å². The van der Waals surface area contributed by atoms with Gasteiger partial charge in [0.05, 0.1) is 18.1 Å². The molecule has 1 heterocycles. The first-order valence-corrected chi connectivity index (χ1v) is 6.13. The van der Waals surface area contributed by atoms with Crippen molar-refractivity contribution in [1.82, 2.24) is 14.9 Å². The molecule has 0 spiro atoms. The maximum atomic E-state index is 11.3. The largest absolute Gasteiger partial charge is 0.368 e. The maximum absolute atomic E-state index is 11.3. The highest BCUT2D eigenvalue weighted by Crippen LogP contribution is 2.35. The number of nitrogens with one attached hydrogen (secondary N) is 1. The van der Waals surface area contributed by atoms with Gasteiger partial charge in [0.2, 0.25) is 5.91 Å². The summed E-state index contributed by atoms with van der Waals surface area (Å²) < 4.78 is 2.19. The molecule has 17 heavy (non-hydrogen) atoms. The first-order valence-electron chi connectivity index (χ1n) is 6.13. The van der Waals surface area contributed by atoms with Gasteiger partial charge in [-0.15, -0.1) is 0 Å². The fourth-order valence-corrected chi connectivity index (χ4v) is 2.03. The third kappa shape index (κ3) is 2.85. The van der Waals surface area contributed by atoms with Crippen molar-refractivity contribution in [2.24, 2.45) is 11.7 Å². The van der Waals surface area contributed by atoms with E-state index in [2.05, 4.69) is 14.9 Å². The summed E-state index contributed by atoms with van der Waals surface area (Å²) >= 11 is 0. The van der Waals surface area contributed by atoms with E-state index in [1.165, 1.54) is 12.8 Å². The fourth-order valence-electron chi connectivity index (χ4n) is 2.03. The number of primary amides is 1. The molecule has 5 heteroatoms. The number of hydrogen-bond acceptors (Lipinski definition) is 3. The Morgan fingerprint density at radius 3 is 2.88 bits per heavy atom. The maximum Gasteiger partial charge on any atom is 0.234 e. The molecule has 1 unspecified atom stereocenters. The number of carbonyl (C=O) groups excluding carboxylic acids is 1. The highest BCUT2D eigenvalue weighted by molar-refractivity contribution is 5.80. The molecule has 0 aliphatic heterocycles. The Bertz CT molecular complexity index is 395. The molecule has 1 aromatic rings. The van der Waals surface area contributed by atoms with Crippen LogP contribution in [0, 0.1) is 5.92 Å². The van der Waals surface area contributed by atoms with Crippen LogP contribution >= 0.6 is 0 Å². The molecule has 1 fully saturated rings. The molecule has 0 saturated heterocycles. The van der Waals surface area contributed by atoms with E-state index in [1.807, 2.05) is 26.4 Å². The van der Waals surface area contributed by atoms with Gasteiger partial charge in [0.1, 0.15) is 0 Å². The van der Waals surface area contributed by atoms with Crippen molar-refractivity contribution in [2.45, 2.75) is 45.3 Å². The lowest BCUT2D eigenvalue weighted by Crippen LogP contribution is -2.44. The monoisotopic (exact) mass is 236 g/mol. The molecule has 0 radical (unpaired) electrons. The Hall–Kier alpha value is -1.36. The SMILES string of the molecule is CC(C)C(NCc1cncn1C1CC1)C(N)=O. The minimum Gasteiger partial charge on any atom is -0.368 e. The van der Waals surface area contributed by atoms with E-state index < -0.39 is 0 Å². The van der Waals surface area contributed by atoms with Crippen molar-refractivity contribution < 1.29 is 4.79 Å². The zero-order valence-corrected chi connectivity index (χ0v) is 10.4. The van der Waals surface area contributed by atoms with Crippen LogP contribution in [0.15, 0.2) is 12.5 Å². The first-order chi connectivity index (χ1) is 8.09. The molecule has 3 N–H and O–H groups in total. The van der Waals surface area contributed by atoms with Gasteiger partial charge in [-0.2, -0.15) is 0 Å². The van der Waals surface area contributed by atoms with E-state index in [4.69, 9.17) is 5.73 Å². The Morgan fingerprint density at radius 2 is 2.35 bits per heavy atom. The van der Waals surface area contributed by atoms with Gasteiger partial charge in [-0.3, -0.25) is 10.1 Å². The second kappa shape index (κ2) is 4.87. The van der Waals surface area contributed by atoms with Gasteiger partial charge in [-0.1, -0.05) is 13.8 Å². The van der Waals surface area contributed by atoms with Crippen LogP contribution in [0.25, 0.3) is 0 Å². The zero-order chi connectivity index (χ0) is 12.4. The average molecular weight is 236 g/mol.